The van der Waals surface area contributed by atoms with Crippen LogP contribution in [0.15, 0.2) is 0 Å². The largest absolute Gasteiger partial charge is 0.481 e. The fraction of sp³-hybridized carbons (Fsp3) is 0.857. The fourth-order valence-electron chi connectivity index (χ4n) is 2.66. The van der Waals surface area contributed by atoms with Gasteiger partial charge in [0.2, 0.25) is 0 Å². The van der Waals surface area contributed by atoms with Gasteiger partial charge in [-0.3, -0.25) is 4.79 Å². The standard InChI is InChI=1S/C14H27N3O3/c1-3-5-11(13(18)19)10-16-14(20)17(4-2)12-6-8-15-9-7-12/h11-12,15H,3-10H2,1-2H3,(H,16,20)(H,18,19). The smallest absolute Gasteiger partial charge is 0.317 e. The molecule has 2 amide bonds. The number of piperidine rings is 1. The van der Waals surface area contributed by atoms with Crippen LogP contribution in [0.25, 0.3) is 0 Å². The number of carboxylic acid groups (broad SMARTS) is 1. The molecule has 0 spiro atoms. The van der Waals surface area contributed by atoms with E-state index in [1.165, 1.54) is 0 Å². The predicted molar refractivity (Wildman–Crippen MR) is 77.7 cm³/mol. The third-order valence-corrected chi connectivity index (χ3v) is 3.84. The molecular formula is C14H27N3O3. The van der Waals surface area contributed by atoms with Gasteiger partial charge in [0.25, 0.3) is 0 Å². The van der Waals surface area contributed by atoms with Gasteiger partial charge >= 0.3 is 12.0 Å². The number of urea groups is 1. The van der Waals surface area contributed by atoms with Gasteiger partial charge in [-0.15, -0.1) is 0 Å². The summed E-state index contributed by atoms with van der Waals surface area (Å²) >= 11 is 0. The summed E-state index contributed by atoms with van der Waals surface area (Å²) in [6, 6.07) is 0.123. The molecule has 1 aliphatic heterocycles. The second-order valence-electron chi connectivity index (χ2n) is 5.28. The number of rotatable bonds is 7. The predicted octanol–water partition coefficient (Wildman–Crippen LogP) is 1.27. The Kier molecular flexibility index (Phi) is 7.36. The Labute approximate surface area is 120 Å². The van der Waals surface area contributed by atoms with Crippen LogP contribution >= 0.6 is 0 Å². The summed E-state index contributed by atoms with van der Waals surface area (Å²) in [6.07, 6.45) is 3.31. The van der Waals surface area contributed by atoms with Gasteiger partial charge in [-0.2, -0.15) is 0 Å². The number of hydrogen-bond donors (Lipinski definition) is 3. The summed E-state index contributed by atoms with van der Waals surface area (Å²) in [5.41, 5.74) is 0. The van der Waals surface area contributed by atoms with Gasteiger partial charge in [-0.05, 0) is 39.3 Å². The minimum Gasteiger partial charge on any atom is -0.481 e. The quantitative estimate of drug-likeness (QED) is 0.658. The van der Waals surface area contributed by atoms with E-state index < -0.39 is 11.9 Å². The molecule has 116 valence electrons. The topological polar surface area (TPSA) is 81.7 Å². The van der Waals surface area contributed by atoms with Crippen molar-refractivity contribution in [2.24, 2.45) is 5.92 Å². The van der Waals surface area contributed by atoms with Crippen LogP contribution in [-0.2, 0) is 4.79 Å². The Bertz CT molecular complexity index is 317. The molecule has 20 heavy (non-hydrogen) atoms. The van der Waals surface area contributed by atoms with Crippen LogP contribution in [0.5, 0.6) is 0 Å². The number of nitrogens with one attached hydrogen (secondary N) is 2. The van der Waals surface area contributed by atoms with Gasteiger partial charge in [-0.25, -0.2) is 4.79 Å². The number of carbonyl (C=O) groups is 2. The van der Waals surface area contributed by atoms with E-state index >= 15 is 0 Å². The fourth-order valence-corrected chi connectivity index (χ4v) is 2.66. The van der Waals surface area contributed by atoms with Gasteiger partial charge in [0, 0.05) is 19.1 Å². The molecule has 3 N–H and O–H groups in total. The zero-order valence-electron chi connectivity index (χ0n) is 12.5. The van der Waals surface area contributed by atoms with E-state index in [9.17, 15) is 9.59 Å². The first kappa shape index (κ1) is 16.8. The second kappa shape index (κ2) is 8.79. The minimum absolute atomic E-state index is 0.137. The highest BCUT2D eigenvalue weighted by molar-refractivity contribution is 5.76. The van der Waals surface area contributed by atoms with Crippen molar-refractivity contribution in [1.29, 1.82) is 0 Å². The molecule has 1 atom stereocenters. The molecule has 1 rings (SSSR count). The molecule has 1 heterocycles. The summed E-state index contributed by atoms with van der Waals surface area (Å²) in [4.78, 5) is 25.1. The van der Waals surface area contributed by atoms with Crippen molar-refractivity contribution < 1.29 is 14.7 Å². The molecule has 0 radical (unpaired) electrons. The van der Waals surface area contributed by atoms with Crippen LogP contribution in [0.3, 0.4) is 0 Å². The molecule has 0 saturated carbocycles. The van der Waals surface area contributed by atoms with Crippen LogP contribution < -0.4 is 10.6 Å². The van der Waals surface area contributed by atoms with Gasteiger partial charge in [0.05, 0.1) is 5.92 Å². The first-order valence-corrected chi connectivity index (χ1v) is 7.58. The summed E-state index contributed by atoms with van der Waals surface area (Å²) in [5.74, 6) is -1.33. The molecule has 0 bridgehead atoms. The molecule has 0 aromatic carbocycles. The molecule has 0 aromatic heterocycles. The normalized spacial score (nSPS) is 17.5. The van der Waals surface area contributed by atoms with Crippen molar-refractivity contribution in [3.8, 4) is 0 Å². The van der Waals surface area contributed by atoms with E-state index in [2.05, 4.69) is 10.6 Å². The van der Waals surface area contributed by atoms with Crippen molar-refractivity contribution in [1.82, 2.24) is 15.5 Å². The Morgan fingerprint density at radius 2 is 2.00 bits per heavy atom. The summed E-state index contributed by atoms with van der Waals surface area (Å²) in [5, 5.41) is 15.1. The van der Waals surface area contributed by atoms with E-state index in [-0.39, 0.29) is 18.6 Å². The van der Waals surface area contributed by atoms with Crippen LogP contribution in [0.1, 0.15) is 39.5 Å². The highest BCUT2D eigenvalue weighted by Gasteiger charge is 2.25. The van der Waals surface area contributed by atoms with Crippen LogP contribution in [-0.4, -0.2) is 54.2 Å². The molecule has 0 aromatic rings. The maximum atomic E-state index is 12.2. The molecule has 1 fully saturated rings. The monoisotopic (exact) mass is 285 g/mol. The summed E-state index contributed by atoms with van der Waals surface area (Å²) in [7, 11) is 0. The molecule has 6 nitrogen and oxygen atoms in total. The Balaban J connectivity index is 2.47. The van der Waals surface area contributed by atoms with Gasteiger partial charge < -0.3 is 20.6 Å². The van der Waals surface area contributed by atoms with Crippen molar-refractivity contribution in [3.05, 3.63) is 0 Å². The van der Waals surface area contributed by atoms with Gasteiger partial charge in [0.1, 0.15) is 0 Å². The zero-order chi connectivity index (χ0) is 15.0. The summed E-state index contributed by atoms with van der Waals surface area (Å²) < 4.78 is 0. The van der Waals surface area contributed by atoms with E-state index in [0.29, 0.717) is 13.0 Å². The SMILES string of the molecule is CCCC(CNC(=O)N(CC)C1CCNCC1)C(=O)O. The number of carboxylic acids is 1. The molecule has 1 unspecified atom stereocenters. The molecule has 1 saturated heterocycles. The van der Waals surface area contributed by atoms with E-state index in [0.717, 1.165) is 32.4 Å². The number of carbonyl (C=O) groups excluding carboxylic acids is 1. The first-order valence-electron chi connectivity index (χ1n) is 7.58. The zero-order valence-corrected chi connectivity index (χ0v) is 12.5. The van der Waals surface area contributed by atoms with E-state index in [1.54, 1.807) is 0 Å². The number of hydrogen-bond acceptors (Lipinski definition) is 3. The molecule has 0 aliphatic carbocycles. The first-order chi connectivity index (χ1) is 9.60. The van der Waals surface area contributed by atoms with E-state index in [4.69, 9.17) is 5.11 Å². The molecule has 1 aliphatic rings. The molecule has 6 heteroatoms. The van der Waals surface area contributed by atoms with Crippen LogP contribution in [0.2, 0.25) is 0 Å². The third-order valence-electron chi connectivity index (χ3n) is 3.84. The number of amides is 2. The van der Waals surface area contributed by atoms with Crippen molar-refractivity contribution >= 4 is 12.0 Å². The lowest BCUT2D eigenvalue weighted by Crippen LogP contribution is -2.50. The second-order valence-corrected chi connectivity index (χ2v) is 5.28. The highest BCUT2D eigenvalue weighted by Crippen LogP contribution is 2.12. The average Bonchev–Trinajstić information content (AvgIpc) is 2.45. The number of aliphatic carboxylic acids is 1. The van der Waals surface area contributed by atoms with Crippen LogP contribution in [0.4, 0.5) is 4.79 Å². The third kappa shape index (κ3) is 5.00. The Hall–Kier alpha value is -1.30. The number of nitrogens with zero attached hydrogens (tertiary/aromatic N) is 1. The summed E-state index contributed by atoms with van der Waals surface area (Å²) in [6.45, 7) is 6.64. The maximum Gasteiger partial charge on any atom is 0.317 e. The van der Waals surface area contributed by atoms with Gasteiger partial charge in [0.15, 0.2) is 0 Å². The molecular weight excluding hydrogens is 258 g/mol. The lowest BCUT2D eigenvalue weighted by molar-refractivity contribution is -0.141. The van der Waals surface area contributed by atoms with Crippen molar-refractivity contribution in [3.63, 3.8) is 0 Å². The lowest BCUT2D eigenvalue weighted by Gasteiger charge is -2.34. The minimum atomic E-state index is -0.836. The van der Waals surface area contributed by atoms with Crippen LogP contribution in [0, 0.1) is 5.92 Å². The average molecular weight is 285 g/mol. The maximum absolute atomic E-state index is 12.2. The van der Waals surface area contributed by atoms with Crippen molar-refractivity contribution in [2.45, 2.75) is 45.6 Å². The lowest BCUT2D eigenvalue weighted by atomic mass is 10.0. The van der Waals surface area contributed by atoms with Crippen molar-refractivity contribution in [2.75, 3.05) is 26.2 Å². The van der Waals surface area contributed by atoms with Gasteiger partial charge in [-0.1, -0.05) is 13.3 Å². The van der Waals surface area contributed by atoms with E-state index in [1.807, 2.05) is 18.7 Å². The highest BCUT2D eigenvalue weighted by atomic mass is 16.4. The Morgan fingerprint density at radius 3 is 2.50 bits per heavy atom. The Morgan fingerprint density at radius 1 is 1.35 bits per heavy atom.